The van der Waals surface area contributed by atoms with Crippen LogP contribution in [0.2, 0.25) is 0 Å². The molecule has 0 aromatic heterocycles. The van der Waals surface area contributed by atoms with Gasteiger partial charge in [0.25, 0.3) is 0 Å². The van der Waals surface area contributed by atoms with Crippen molar-refractivity contribution >= 4 is 0 Å². The summed E-state index contributed by atoms with van der Waals surface area (Å²) in [5, 5.41) is 22.6. The van der Waals surface area contributed by atoms with Gasteiger partial charge in [-0.1, -0.05) is 53.7 Å². The quantitative estimate of drug-likeness (QED) is 0.429. The van der Waals surface area contributed by atoms with Gasteiger partial charge in [0, 0.05) is 0 Å². The predicted molar refractivity (Wildman–Crippen MR) is 132 cm³/mol. The minimum absolute atomic E-state index is 0.00718. The first-order valence-corrected chi connectivity index (χ1v) is 13.7. The van der Waals surface area contributed by atoms with Gasteiger partial charge >= 0.3 is 0 Å². The number of aliphatic hydroxyl groups is 2. The van der Waals surface area contributed by atoms with Gasteiger partial charge in [0.15, 0.2) is 0 Å². The number of hydrogen-bond acceptors (Lipinski definition) is 2. The van der Waals surface area contributed by atoms with Crippen molar-refractivity contribution in [2.45, 2.75) is 118 Å². The Bertz CT molecular complexity index is 801. The summed E-state index contributed by atoms with van der Waals surface area (Å²) in [6, 6.07) is 0. The molecule has 0 radical (unpaired) electrons. The Morgan fingerprint density at radius 1 is 0.719 bits per heavy atom. The van der Waals surface area contributed by atoms with Crippen LogP contribution in [0.25, 0.3) is 0 Å². The lowest BCUT2D eigenvalue weighted by molar-refractivity contribution is -0.261. The molecule has 182 valence electrons. The fourth-order valence-corrected chi connectivity index (χ4v) is 11.5. The zero-order chi connectivity index (χ0) is 23.5. The van der Waals surface area contributed by atoms with Crippen molar-refractivity contribution in [1.29, 1.82) is 0 Å². The molecule has 5 aliphatic rings. The molecule has 5 aliphatic carbocycles. The van der Waals surface area contributed by atoms with E-state index in [0.29, 0.717) is 35.0 Å². The average Bonchev–Trinajstić information content (AvgIpc) is 3.05. The second-order valence-electron chi connectivity index (χ2n) is 14.8. The molecule has 0 aromatic rings. The third-order valence-electron chi connectivity index (χ3n) is 13.6. The maximum absolute atomic E-state index is 11.7. The predicted octanol–water partition coefficient (Wildman–Crippen LogP) is 7.00. The van der Waals surface area contributed by atoms with Gasteiger partial charge in [-0.05, 0) is 121 Å². The van der Waals surface area contributed by atoms with E-state index in [0.717, 1.165) is 19.3 Å². The Labute approximate surface area is 197 Å². The van der Waals surface area contributed by atoms with E-state index < -0.39 is 0 Å². The highest BCUT2D eigenvalue weighted by atomic mass is 16.3. The molecular formula is C30H50O2. The topological polar surface area (TPSA) is 40.5 Å². The van der Waals surface area contributed by atoms with E-state index in [9.17, 15) is 10.2 Å². The summed E-state index contributed by atoms with van der Waals surface area (Å²) >= 11 is 0. The van der Waals surface area contributed by atoms with E-state index in [-0.39, 0.29) is 33.9 Å². The van der Waals surface area contributed by atoms with Crippen molar-refractivity contribution in [3.8, 4) is 0 Å². The highest BCUT2D eigenvalue weighted by Gasteiger charge is 2.71. The normalized spacial score (nSPS) is 58.8. The van der Waals surface area contributed by atoms with Crippen LogP contribution in [0.3, 0.4) is 0 Å². The lowest BCUT2D eigenvalue weighted by atomic mass is 9.32. The van der Waals surface area contributed by atoms with Gasteiger partial charge in [-0.15, -0.1) is 0 Å². The van der Waals surface area contributed by atoms with Crippen molar-refractivity contribution in [3.05, 3.63) is 12.2 Å². The summed E-state index contributed by atoms with van der Waals surface area (Å²) in [5.41, 5.74) is 2.18. The van der Waals surface area contributed by atoms with Gasteiger partial charge in [-0.25, -0.2) is 0 Å². The molecule has 0 heterocycles. The van der Waals surface area contributed by atoms with Crippen LogP contribution >= 0.6 is 0 Å². The van der Waals surface area contributed by atoms with Gasteiger partial charge in [0.2, 0.25) is 0 Å². The van der Waals surface area contributed by atoms with Crippen LogP contribution in [-0.4, -0.2) is 22.4 Å². The maximum atomic E-state index is 11.7. The number of allylic oxidation sites excluding steroid dienone is 1. The molecule has 0 aliphatic heterocycles. The summed E-state index contributed by atoms with van der Waals surface area (Å²) in [6.07, 6.45) is 10.3. The first-order chi connectivity index (χ1) is 14.7. The second-order valence-corrected chi connectivity index (χ2v) is 14.8. The SMILES string of the molecule is C=C(C)[C@@H]1CC[C@]2(C)[C@@H]1[C@@H]1CC[C@H]3[C@]4(C)CC[C@H](O)C(C)(C)[C@@H]4CC[C@]3(C)[C@@]1(C)C[C@@H]2O. The Hall–Kier alpha value is -0.340. The van der Waals surface area contributed by atoms with Gasteiger partial charge in [0.05, 0.1) is 12.2 Å². The highest BCUT2D eigenvalue weighted by Crippen LogP contribution is 2.77. The van der Waals surface area contributed by atoms with Crippen LogP contribution in [0, 0.1) is 56.7 Å². The molecule has 0 bridgehead atoms. The molecule has 2 N–H and O–H groups in total. The van der Waals surface area contributed by atoms with Crippen molar-refractivity contribution < 1.29 is 10.2 Å². The van der Waals surface area contributed by atoms with Crippen LogP contribution in [-0.2, 0) is 0 Å². The van der Waals surface area contributed by atoms with Crippen LogP contribution < -0.4 is 0 Å². The smallest absolute Gasteiger partial charge is 0.0602 e. The second kappa shape index (κ2) is 6.87. The molecule has 5 fully saturated rings. The Kier molecular flexibility index (Phi) is 5.02. The monoisotopic (exact) mass is 442 g/mol. The van der Waals surface area contributed by atoms with E-state index in [1.807, 2.05) is 0 Å². The maximum Gasteiger partial charge on any atom is 0.0602 e. The van der Waals surface area contributed by atoms with E-state index in [1.54, 1.807) is 0 Å². The number of rotatable bonds is 1. The fraction of sp³-hybridized carbons (Fsp3) is 0.933. The molecule has 32 heavy (non-hydrogen) atoms. The van der Waals surface area contributed by atoms with E-state index >= 15 is 0 Å². The zero-order valence-electron chi connectivity index (χ0n) is 22.0. The Morgan fingerprint density at radius 3 is 2.03 bits per heavy atom. The molecule has 0 saturated heterocycles. The first-order valence-electron chi connectivity index (χ1n) is 13.7. The number of fused-ring (bicyclic) bond motifs is 7. The van der Waals surface area contributed by atoms with Crippen LogP contribution in [0.4, 0.5) is 0 Å². The minimum atomic E-state index is -0.191. The third-order valence-corrected chi connectivity index (χ3v) is 13.6. The van der Waals surface area contributed by atoms with Gasteiger partial charge < -0.3 is 10.2 Å². The average molecular weight is 443 g/mol. The standard InChI is InChI=1S/C30H50O2/c1-18(2)19-11-14-28(6)24(32)17-30(8)20(25(19)28)9-10-22-27(5)15-13-23(31)26(3,4)21(27)12-16-29(22,30)7/h19-25,31-32H,1,9-17H2,2-8H3/t19-,20-,21-,22-,23-,24-,25-,27+,28-,29-,30-/m0/s1. The molecule has 5 rings (SSSR count). The number of aliphatic hydroxyl groups excluding tert-OH is 2. The zero-order valence-corrected chi connectivity index (χ0v) is 22.0. The van der Waals surface area contributed by atoms with E-state index in [2.05, 4.69) is 55.0 Å². The van der Waals surface area contributed by atoms with Crippen molar-refractivity contribution in [1.82, 2.24) is 0 Å². The summed E-state index contributed by atoms with van der Waals surface area (Å²) < 4.78 is 0. The highest BCUT2D eigenvalue weighted by molar-refractivity contribution is 5.22. The van der Waals surface area contributed by atoms with Crippen molar-refractivity contribution in [2.75, 3.05) is 0 Å². The molecule has 0 unspecified atom stereocenters. The minimum Gasteiger partial charge on any atom is -0.393 e. The van der Waals surface area contributed by atoms with Crippen molar-refractivity contribution in [2.24, 2.45) is 56.7 Å². The molecule has 0 amide bonds. The van der Waals surface area contributed by atoms with Gasteiger partial charge in [0.1, 0.15) is 0 Å². The fourth-order valence-electron chi connectivity index (χ4n) is 11.5. The number of hydrogen-bond donors (Lipinski definition) is 2. The molecule has 0 aromatic carbocycles. The first kappa shape index (κ1) is 23.4. The summed E-state index contributed by atoms with van der Waals surface area (Å²) in [5.74, 6) is 3.16. The van der Waals surface area contributed by atoms with Crippen LogP contribution in [0.15, 0.2) is 12.2 Å². The molecule has 11 atom stereocenters. The van der Waals surface area contributed by atoms with Crippen LogP contribution in [0.1, 0.15) is 106 Å². The van der Waals surface area contributed by atoms with Crippen LogP contribution in [0.5, 0.6) is 0 Å². The summed E-state index contributed by atoms with van der Waals surface area (Å²) in [6.45, 7) is 21.5. The largest absolute Gasteiger partial charge is 0.393 e. The summed E-state index contributed by atoms with van der Waals surface area (Å²) in [4.78, 5) is 0. The lowest BCUT2D eigenvalue weighted by Gasteiger charge is -2.73. The Balaban J connectivity index is 1.57. The molecule has 5 saturated carbocycles. The molecule has 2 nitrogen and oxygen atoms in total. The lowest BCUT2D eigenvalue weighted by Crippen LogP contribution is -2.68. The van der Waals surface area contributed by atoms with Gasteiger partial charge in [-0.3, -0.25) is 0 Å². The van der Waals surface area contributed by atoms with E-state index in [1.165, 1.54) is 44.1 Å². The molecular weight excluding hydrogens is 392 g/mol. The van der Waals surface area contributed by atoms with Crippen molar-refractivity contribution in [3.63, 3.8) is 0 Å². The van der Waals surface area contributed by atoms with E-state index in [4.69, 9.17) is 0 Å². The third kappa shape index (κ3) is 2.61. The molecule has 0 spiro atoms. The summed E-state index contributed by atoms with van der Waals surface area (Å²) in [7, 11) is 0. The van der Waals surface area contributed by atoms with Gasteiger partial charge in [-0.2, -0.15) is 0 Å². The Morgan fingerprint density at radius 2 is 1.38 bits per heavy atom. The molecule has 2 heteroatoms.